The number of carbonyl (C=O) groups is 2. The second-order valence-corrected chi connectivity index (χ2v) is 5.14. The third kappa shape index (κ3) is 5.36. The Labute approximate surface area is 135 Å². The Kier molecular flexibility index (Phi) is 6.54. The minimum atomic E-state index is -0.430. The van der Waals surface area contributed by atoms with Crippen molar-refractivity contribution < 1.29 is 14.3 Å². The largest absolute Gasteiger partial charge is 0.379 e. The molecule has 0 aromatic heterocycles. The highest BCUT2D eigenvalue weighted by Gasteiger charge is 2.14. The zero-order valence-corrected chi connectivity index (χ0v) is 12.9. The topological polar surface area (TPSA) is 94.5 Å². The number of nitrogens with one attached hydrogen (secondary N) is 2. The van der Waals surface area contributed by atoms with Crippen molar-refractivity contribution in [2.45, 2.75) is 6.42 Å². The molecule has 0 spiro atoms. The molecule has 122 valence electrons. The number of anilines is 1. The van der Waals surface area contributed by atoms with Crippen LogP contribution in [0.2, 0.25) is 0 Å². The van der Waals surface area contributed by atoms with Gasteiger partial charge in [0.2, 0.25) is 5.91 Å². The highest BCUT2D eigenvalue weighted by molar-refractivity contribution is 6.04. The van der Waals surface area contributed by atoms with Crippen LogP contribution in [0.15, 0.2) is 24.3 Å². The molecule has 1 aliphatic heterocycles. The predicted octanol–water partition coefficient (Wildman–Crippen LogP) is 0.601. The predicted molar refractivity (Wildman–Crippen MR) is 84.9 cm³/mol. The van der Waals surface area contributed by atoms with Gasteiger partial charge < -0.3 is 15.4 Å². The van der Waals surface area contributed by atoms with Crippen molar-refractivity contribution in [1.29, 1.82) is 5.26 Å². The molecule has 0 bridgehead atoms. The molecule has 0 radical (unpaired) electrons. The van der Waals surface area contributed by atoms with Crippen LogP contribution >= 0.6 is 0 Å². The Balaban J connectivity index is 1.88. The third-order valence-electron chi connectivity index (χ3n) is 3.50. The van der Waals surface area contributed by atoms with Gasteiger partial charge in [-0.15, -0.1) is 0 Å². The minimum Gasteiger partial charge on any atom is -0.379 e. The molecular formula is C16H20N4O3. The first-order valence-electron chi connectivity index (χ1n) is 7.55. The number of rotatable bonds is 6. The lowest BCUT2D eigenvalue weighted by atomic mass is 10.1. The van der Waals surface area contributed by atoms with E-state index in [1.165, 1.54) is 0 Å². The molecule has 1 fully saturated rings. The number of benzene rings is 1. The van der Waals surface area contributed by atoms with E-state index in [1.54, 1.807) is 30.3 Å². The number of nitriles is 1. The summed E-state index contributed by atoms with van der Waals surface area (Å²) in [5.41, 5.74) is 0.803. The lowest BCUT2D eigenvalue weighted by molar-refractivity contribution is -0.115. The van der Waals surface area contributed by atoms with Crippen LogP contribution in [0.1, 0.15) is 16.8 Å². The number of hydrogen-bond donors (Lipinski definition) is 2. The van der Waals surface area contributed by atoms with Gasteiger partial charge in [-0.25, -0.2) is 0 Å². The molecule has 0 unspecified atom stereocenters. The van der Waals surface area contributed by atoms with Crippen molar-refractivity contribution in [3.8, 4) is 6.07 Å². The second kappa shape index (κ2) is 8.88. The minimum absolute atomic E-state index is 0.243. The van der Waals surface area contributed by atoms with Crippen molar-refractivity contribution >= 4 is 17.5 Å². The first-order valence-corrected chi connectivity index (χ1v) is 7.55. The van der Waals surface area contributed by atoms with Crippen LogP contribution in [-0.2, 0) is 9.53 Å². The Morgan fingerprint density at radius 2 is 2.00 bits per heavy atom. The van der Waals surface area contributed by atoms with Crippen molar-refractivity contribution in [3.63, 3.8) is 0 Å². The molecule has 1 saturated heterocycles. The fourth-order valence-electron chi connectivity index (χ4n) is 2.30. The van der Waals surface area contributed by atoms with E-state index in [-0.39, 0.29) is 12.3 Å². The molecular weight excluding hydrogens is 296 g/mol. The lowest BCUT2D eigenvalue weighted by Crippen LogP contribution is -2.41. The van der Waals surface area contributed by atoms with Gasteiger partial charge >= 0.3 is 0 Å². The number of morpholine rings is 1. The molecule has 1 aliphatic rings. The van der Waals surface area contributed by atoms with E-state index in [4.69, 9.17) is 10.00 Å². The van der Waals surface area contributed by atoms with Gasteiger partial charge in [-0.3, -0.25) is 14.5 Å². The fraction of sp³-hybridized carbons (Fsp3) is 0.438. The first kappa shape index (κ1) is 16.9. The van der Waals surface area contributed by atoms with Gasteiger partial charge in [-0.2, -0.15) is 5.26 Å². The van der Waals surface area contributed by atoms with Crippen LogP contribution < -0.4 is 10.6 Å². The molecule has 1 heterocycles. The number of nitrogens with zero attached hydrogens (tertiary/aromatic N) is 2. The molecule has 0 saturated carbocycles. The maximum Gasteiger partial charge on any atom is 0.253 e. The summed E-state index contributed by atoms with van der Waals surface area (Å²) in [5.74, 6) is -0.674. The van der Waals surface area contributed by atoms with Crippen LogP contribution in [0.25, 0.3) is 0 Å². The van der Waals surface area contributed by atoms with Gasteiger partial charge in [0.25, 0.3) is 5.91 Å². The highest BCUT2D eigenvalue weighted by Crippen LogP contribution is 2.15. The third-order valence-corrected chi connectivity index (χ3v) is 3.50. The van der Waals surface area contributed by atoms with E-state index in [1.807, 2.05) is 0 Å². The fourth-order valence-corrected chi connectivity index (χ4v) is 2.30. The van der Waals surface area contributed by atoms with Gasteiger partial charge in [-0.05, 0) is 12.1 Å². The zero-order chi connectivity index (χ0) is 16.5. The monoisotopic (exact) mass is 316 g/mol. The molecule has 0 atom stereocenters. The lowest BCUT2D eigenvalue weighted by Gasteiger charge is -2.26. The average Bonchev–Trinajstić information content (AvgIpc) is 2.56. The Hall–Kier alpha value is -2.43. The van der Waals surface area contributed by atoms with E-state index >= 15 is 0 Å². The molecule has 1 aromatic rings. The summed E-state index contributed by atoms with van der Waals surface area (Å²) < 4.78 is 5.28. The summed E-state index contributed by atoms with van der Waals surface area (Å²) in [6.07, 6.45) is -0.243. The normalized spacial score (nSPS) is 14.7. The van der Waals surface area contributed by atoms with Gasteiger partial charge in [0, 0.05) is 26.2 Å². The Bertz CT molecular complexity index is 591. The van der Waals surface area contributed by atoms with Gasteiger partial charge in [0.15, 0.2) is 0 Å². The van der Waals surface area contributed by atoms with E-state index in [0.29, 0.717) is 17.8 Å². The summed E-state index contributed by atoms with van der Waals surface area (Å²) in [6, 6.07) is 8.53. The highest BCUT2D eigenvalue weighted by atomic mass is 16.5. The quantitative estimate of drug-likeness (QED) is 0.801. The SMILES string of the molecule is N#CCC(=O)Nc1ccccc1C(=O)NCCN1CCOCC1. The Morgan fingerprint density at radius 3 is 2.74 bits per heavy atom. The zero-order valence-electron chi connectivity index (χ0n) is 12.9. The molecule has 0 aliphatic carbocycles. The van der Waals surface area contributed by atoms with Gasteiger partial charge in [0.05, 0.1) is 30.5 Å². The van der Waals surface area contributed by atoms with Gasteiger partial charge in [0.1, 0.15) is 6.42 Å². The first-order chi connectivity index (χ1) is 11.2. The molecule has 7 nitrogen and oxygen atoms in total. The van der Waals surface area contributed by atoms with Crippen molar-refractivity contribution in [2.24, 2.45) is 0 Å². The van der Waals surface area contributed by atoms with E-state index in [0.717, 1.165) is 32.8 Å². The molecule has 2 amide bonds. The number of amides is 2. The van der Waals surface area contributed by atoms with E-state index in [2.05, 4.69) is 15.5 Å². The molecule has 23 heavy (non-hydrogen) atoms. The molecule has 7 heteroatoms. The van der Waals surface area contributed by atoms with Crippen LogP contribution in [0.5, 0.6) is 0 Å². The maximum absolute atomic E-state index is 12.3. The van der Waals surface area contributed by atoms with E-state index < -0.39 is 5.91 Å². The molecule has 1 aromatic carbocycles. The van der Waals surface area contributed by atoms with E-state index in [9.17, 15) is 9.59 Å². The number of para-hydroxylation sites is 1. The molecule has 2 N–H and O–H groups in total. The summed E-state index contributed by atoms with van der Waals surface area (Å²) >= 11 is 0. The summed E-state index contributed by atoms with van der Waals surface area (Å²) in [6.45, 7) is 4.48. The van der Waals surface area contributed by atoms with Crippen LogP contribution in [0, 0.1) is 11.3 Å². The van der Waals surface area contributed by atoms with Crippen molar-refractivity contribution in [2.75, 3.05) is 44.7 Å². The second-order valence-electron chi connectivity index (χ2n) is 5.14. The average molecular weight is 316 g/mol. The number of ether oxygens (including phenoxy) is 1. The Morgan fingerprint density at radius 1 is 1.26 bits per heavy atom. The standard InChI is InChI=1S/C16H20N4O3/c17-6-5-15(21)19-14-4-2-1-3-13(14)16(22)18-7-8-20-9-11-23-12-10-20/h1-4H,5,7-12H2,(H,18,22)(H,19,21). The maximum atomic E-state index is 12.3. The summed E-state index contributed by atoms with van der Waals surface area (Å²) in [5, 5.41) is 14.0. The molecule has 2 rings (SSSR count). The van der Waals surface area contributed by atoms with Crippen LogP contribution in [0.4, 0.5) is 5.69 Å². The van der Waals surface area contributed by atoms with Crippen LogP contribution in [0.3, 0.4) is 0 Å². The van der Waals surface area contributed by atoms with Gasteiger partial charge in [-0.1, -0.05) is 12.1 Å². The van der Waals surface area contributed by atoms with Crippen LogP contribution in [-0.4, -0.2) is 56.1 Å². The summed E-state index contributed by atoms with van der Waals surface area (Å²) in [7, 11) is 0. The number of carbonyl (C=O) groups excluding carboxylic acids is 2. The number of hydrogen-bond acceptors (Lipinski definition) is 5. The van der Waals surface area contributed by atoms with Crippen molar-refractivity contribution in [3.05, 3.63) is 29.8 Å². The smallest absolute Gasteiger partial charge is 0.253 e. The summed E-state index contributed by atoms with van der Waals surface area (Å²) in [4.78, 5) is 26.0. The van der Waals surface area contributed by atoms with Crippen molar-refractivity contribution in [1.82, 2.24) is 10.2 Å².